The molecule has 0 radical (unpaired) electrons. The number of benzene rings is 1. The van der Waals surface area contributed by atoms with Crippen molar-refractivity contribution in [2.45, 2.75) is 5.33 Å². The Morgan fingerprint density at radius 1 is 1.18 bits per heavy atom. The lowest BCUT2D eigenvalue weighted by Gasteiger charge is -2.11. The predicted molar refractivity (Wildman–Crippen MR) is 72.3 cm³/mol. The minimum atomic E-state index is 0.480. The van der Waals surface area contributed by atoms with E-state index in [1.54, 1.807) is 7.11 Å². The summed E-state index contributed by atoms with van der Waals surface area (Å²) in [4.78, 5) is 0. The van der Waals surface area contributed by atoms with E-state index in [2.05, 4.69) is 15.9 Å². The van der Waals surface area contributed by atoms with Gasteiger partial charge in [-0.3, -0.25) is 0 Å². The van der Waals surface area contributed by atoms with Gasteiger partial charge in [0.25, 0.3) is 0 Å². The van der Waals surface area contributed by atoms with E-state index in [9.17, 15) is 0 Å². The van der Waals surface area contributed by atoms with Crippen LogP contribution in [-0.4, -0.2) is 33.5 Å². The highest BCUT2D eigenvalue weighted by molar-refractivity contribution is 9.08. The molecule has 5 heteroatoms. The summed E-state index contributed by atoms with van der Waals surface area (Å²) >= 11 is 9.46. The molecule has 1 rings (SSSR count). The fourth-order valence-corrected chi connectivity index (χ4v) is 1.96. The topological polar surface area (TPSA) is 27.7 Å². The molecule has 0 saturated carbocycles. The molecule has 0 unspecified atom stereocenters. The largest absolute Gasteiger partial charge is 0.489 e. The first kappa shape index (κ1) is 14.8. The fraction of sp³-hybridized carbons (Fsp3) is 0.500. The zero-order chi connectivity index (χ0) is 12.5. The van der Waals surface area contributed by atoms with Gasteiger partial charge in [-0.2, -0.15) is 0 Å². The molecule has 3 nitrogen and oxygen atoms in total. The van der Waals surface area contributed by atoms with Crippen LogP contribution in [0.4, 0.5) is 0 Å². The number of methoxy groups -OCH3 is 1. The lowest BCUT2D eigenvalue weighted by atomic mass is 10.2. The van der Waals surface area contributed by atoms with E-state index in [1.165, 1.54) is 0 Å². The average Bonchev–Trinajstić information content (AvgIpc) is 2.35. The molecule has 1 aromatic carbocycles. The Morgan fingerprint density at radius 2 is 1.94 bits per heavy atom. The van der Waals surface area contributed by atoms with Crippen LogP contribution in [-0.2, 0) is 14.8 Å². The van der Waals surface area contributed by atoms with Crippen LogP contribution >= 0.6 is 27.5 Å². The Balaban J connectivity index is 2.35. The van der Waals surface area contributed by atoms with Gasteiger partial charge in [-0.05, 0) is 6.07 Å². The zero-order valence-electron chi connectivity index (χ0n) is 9.75. The fourth-order valence-electron chi connectivity index (χ4n) is 1.27. The number of halogens is 2. The van der Waals surface area contributed by atoms with Crippen LogP contribution in [0.25, 0.3) is 0 Å². The van der Waals surface area contributed by atoms with Crippen molar-refractivity contribution in [2.24, 2.45) is 0 Å². The lowest BCUT2D eigenvalue weighted by molar-refractivity contribution is 0.0543. The first-order valence-corrected chi connectivity index (χ1v) is 6.82. The van der Waals surface area contributed by atoms with Crippen molar-refractivity contribution in [2.75, 3.05) is 33.5 Å². The zero-order valence-corrected chi connectivity index (χ0v) is 12.1. The minimum absolute atomic E-state index is 0.480. The SMILES string of the molecule is COCCOCCOc1c(Cl)cccc1CBr. The third-order valence-electron chi connectivity index (χ3n) is 2.10. The summed E-state index contributed by atoms with van der Waals surface area (Å²) in [5.41, 5.74) is 1.04. The van der Waals surface area contributed by atoms with Gasteiger partial charge < -0.3 is 14.2 Å². The summed E-state index contributed by atoms with van der Waals surface area (Å²) in [7, 11) is 1.64. The van der Waals surface area contributed by atoms with Gasteiger partial charge in [-0.25, -0.2) is 0 Å². The van der Waals surface area contributed by atoms with E-state index in [-0.39, 0.29) is 0 Å². The lowest BCUT2D eigenvalue weighted by Crippen LogP contribution is -2.10. The van der Waals surface area contributed by atoms with E-state index in [0.29, 0.717) is 36.8 Å². The van der Waals surface area contributed by atoms with Gasteiger partial charge in [0.2, 0.25) is 0 Å². The van der Waals surface area contributed by atoms with Crippen molar-refractivity contribution >= 4 is 27.5 Å². The van der Waals surface area contributed by atoms with Crippen molar-refractivity contribution in [3.05, 3.63) is 28.8 Å². The van der Waals surface area contributed by atoms with Crippen molar-refractivity contribution in [3.8, 4) is 5.75 Å². The standard InChI is InChI=1S/C12H16BrClO3/c1-15-5-6-16-7-8-17-12-10(9-13)3-2-4-11(12)14/h2-4H,5-9H2,1H3. The minimum Gasteiger partial charge on any atom is -0.489 e. The molecule has 0 aliphatic heterocycles. The van der Waals surface area contributed by atoms with Crippen LogP contribution in [0.3, 0.4) is 0 Å². The smallest absolute Gasteiger partial charge is 0.142 e. The summed E-state index contributed by atoms with van der Waals surface area (Å²) in [6.07, 6.45) is 0. The number of hydrogen-bond donors (Lipinski definition) is 0. The highest BCUT2D eigenvalue weighted by Gasteiger charge is 2.06. The summed E-state index contributed by atoms with van der Waals surface area (Å²) < 4.78 is 15.8. The summed E-state index contributed by atoms with van der Waals surface area (Å²) in [6.45, 7) is 2.18. The van der Waals surface area contributed by atoms with Crippen LogP contribution in [0.5, 0.6) is 5.75 Å². The highest BCUT2D eigenvalue weighted by atomic mass is 79.9. The van der Waals surface area contributed by atoms with E-state index < -0.39 is 0 Å². The van der Waals surface area contributed by atoms with Gasteiger partial charge in [-0.15, -0.1) is 0 Å². The second kappa shape index (κ2) is 8.75. The van der Waals surface area contributed by atoms with Gasteiger partial charge in [0, 0.05) is 18.0 Å². The Labute approximate surface area is 115 Å². The van der Waals surface area contributed by atoms with Crippen molar-refractivity contribution in [3.63, 3.8) is 0 Å². The molecule has 0 heterocycles. The normalized spacial score (nSPS) is 10.5. The third kappa shape index (κ3) is 5.25. The quantitative estimate of drug-likeness (QED) is 0.543. The van der Waals surface area contributed by atoms with Gasteiger partial charge in [0.15, 0.2) is 0 Å². The summed E-state index contributed by atoms with van der Waals surface area (Å²) in [5.74, 6) is 0.724. The number of ether oxygens (including phenoxy) is 3. The molecule has 0 aromatic heterocycles. The van der Waals surface area contributed by atoms with Gasteiger partial charge in [0.1, 0.15) is 12.4 Å². The molecule has 0 bridgehead atoms. The number of alkyl halides is 1. The Bertz CT molecular complexity index is 334. The van der Waals surface area contributed by atoms with E-state index in [4.69, 9.17) is 25.8 Å². The molecule has 0 aliphatic carbocycles. The van der Waals surface area contributed by atoms with E-state index in [1.807, 2.05) is 18.2 Å². The molecule has 0 atom stereocenters. The molecule has 0 amide bonds. The van der Waals surface area contributed by atoms with Crippen molar-refractivity contribution in [1.29, 1.82) is 0 Å². The number of para-hydroxylation sites is 1. The molecule has 0 N–H and O–H groups in total. The van der Waals surface area contributed by atoms with Crippen LogP contribution in [0.15, 0.2) is 18.2 Å². The summed E-state index contributed by atoms with van der Waals surface area (Å²) in [5, 5.41) is 1.34. The predicted octanol–water partition coefficient (Wildman–Crippen LogP) is 3.28. The Morgan fingerprint density at radius 3 is 2.65 bits per heavy atom. The van der Waals surface area contributed by atoms with Gasteiger partial charge in [-0.1, -0.05) is 39.7 Å². The number of rotatable bonds is 8. The molecule has 0 spiro atoms. The second-order valence-corrected chi connectivity index (χ2v) is 4.28. The van der Waals surface area contributed by atoms with Crippen LogP contribution in [0, 0.1) is 0 Å². The second-order valence-electron chi connectivity index (χ2n) is 3.32. The number of hydrogen-bond acceptors (Lipinski definition) is 3. The van der Waals surface area contributed by atoms with E-state index >= 15 is 0 Å². The average molecular weight is 324 g/mol. The molecule has 0 aliphatic rings. The highest BCUT2D eigenvalue weighted by Crippen LogP contribution is 2.29. The van der Waals surface area contributed by atoms with E-state index in [0.717, 1.165) is 11.3 Å². The third-order valence-corrected chi connectivity index (χ3v) is 3.00. The molecule has 0 fully saturated rings. The maximum atomic E-state index is 6.06. The summed E-state index contributed by atoms with van der Waals surface area (Å²) in [6, 6.07) is 5.69. The molecular weight excluding hydrogens is 307 g/mol. The maximum absolute atomic E-state index is 6.06. The molecule has 17 heavy (non-hydrogen) atoms. The van der Waals surface area contributed by atoms with Crippen LogP contribution in [0.1, 0.15) is 5.56 Å². The Kier molecular flexibility index (Phi) is 7.60. The molecule has 96 valence electrons. The molecule has 0 saturated heterocycles. The monoisotopic (exact) mass is 322 g/mol. The molecular formula is C12H16BrClO3. The Hall–Kier alpha value is -0.290. The van der Waals surface area contributed by atoms with Crippen LogP contribution in [0.2, 0.25) is 5.02 Å². The van der Waals surface area contributed by atoms with Crippen molar-refractivity contribution < 1.29 is 14.2 Å². The molecule has 1 aromatic rings. The van der Waals surface area contributed by atoms with Gasteiger partial charge in [0.05, 0.1) is 24.8 Å². The van der Waals surface area contributed by atoms with Crippen LogP contribution < -0.4 is 4.74 Å². The first-order valence-electron chi connectivity index (χ1n) is 5.32. The van der Waals surface area contributed by atoms with Crippen molar-refractivity contribution in [1.82, 2.24) is 0 Å². The first-order chi connectivity index (χ1) is 8.29. The van der Waals surface area contributed by atoms with Gasteiger partial charge >= 0.3 is 0 Å². The maximum Gasteiger partial charge on any atom is 0.142 e.